The molecule has 5 nitrogen and oxygen atoms in total. The number of carbonyl (C=O) groups excluding carboxylic acids is 1. The summed E-state index contributed by atoms with van der Waals surface area (Å²) in [4.78, 5) is 14.1. The van der Waals surface area contributed by atoms with Gasteiger partial charge in [0.15, 0.2) is 11.5 Å². The molecule has 1 aliphatic heterocycles. The standard InChI is InChI=1S/C17H24F2N2O3.ClH/c1-3-23-15-10-12(4-5-14(15)24-17(18)19)11-21(2)16(22)13-6-8-20-9-7-13;/h4-5,10,13,17,20H,3,6-9,11H2,1-2H3;1H. The lowest BCUT2D eigenvalue weighted by Gasteiger charge is -2.27. The van der Waals surface area contributed by atoms with Gasteiger partial charge in [-0.05, 0) is 50.6 Å². The summed E-state index contributed by atoms with van der Waals surface area (Å²) in [5.41, 5.74) is 0.810. The van der Waals surface area contributed by atoms with Crippen LogP contribution < -0.4 is 14.8 Å². The van der Waals surface area contributed by atoms with Crippen molar-refractivity contribution in [3.8, 4) is 11.5 Å². The normalized spacial score (nSPS) is 14.8. The maximum absolute atomic E-state index is 12.5. The minimum absolute atomic E-state index is 0. The van der Waals surface area contributed by atoms with Crippen molar-refractivity contribution in [1.82, 2.24) is 10.2 Å². The molecule has 25 heavy (non-hydrogen) atoms. The molecule has 1 aliphatic rings. The molecule has 1 aromatic carbocycles. The number of hydrogen-bond acceptors (Lipinski definition) is 4. The zero-order chi connectivity index (χ0) is 17.5. The fraction of sp³-hybridized carbons (Fsp3) is 0.588. The van der Waals surface area contributed by atoms with Crippen LogP contribution in [-0.4, -0.2) is 44.2 Å². The van der Waals surface area contributed by atoms with Crippen molar-refractivity contribution in [1.29, 1.82) is 0 Å². The van der Waals surface area contributed by atoms with Gasteiger partial charge in [-0.15, -0.1) is 12.4 Å². The number of halogens is 3. The molecule has 1 fully saturated rings. The minimum Gasteiger partial charge on any atom is -0.490 e. The molecule has 0 radical (unpaired) electrons. The van der Waals surface area contributed by atoms with E-state index in [1.54, 1.807) is 31.0 Å². The summed E-state index contributed by atoms with van der Waals surface area (Å²) in [5.74, 6) is 0.423. The third-order valence-corrected chi connectivity index (χ3v) is 4.01. The van der Waals surface area contributed by atoms with Crippen LogP contribution in [0.3, 0.4) is 0 Å². The topological polar surface area (TPSA) is 50.8 Å². The lowest BCUT2D eigenvalue weighted by atomic mass is 9.96. The van der Waals surface area contributed by atoms with Crippen LogP contribution in [0.2, 0.25) is 0 Å². The van der Waals surface area contributed by atoms with Crippen LogP contribution in [0.5, 0.6) is 11.5 Å². The molecule has 0 atom stereocenters. The van der Waals surface area contributed by atoms with Crippen LogP contribution in [0.1, 0.15) is 25.3 Å². The van der Waals surface area contributed by atoms with E-state index >= 15 is 0 Å². The maximum atomic E-state index is 12.5. The number of benzene rings is 1. The van der Waals surface area contributed by atoms with E-state index in [1.807, 2.05) is 0 Å². The van der Waals surface area contributed by atoms with Crippen molar-refractivity contribution in [2.45, 2.75) is 32.9 Å². The molecule has 1 saturated heterocycles. The van der Waals surface area contributed by atoms with Gasteiger partial charge in [-0.1, -0.05) is 6.07 Å². The monoisotopic (exact) mass is 378 g/mol. The van der Waals surface area contributed by atoms with Crippen molar-refractivity contribution in [3.63, 3.8) is 0 Å². The highest BCUT2D eigenvalue weighted by Crippen LogP contribution is 2.30. The lowest BCUT2D eigenvalue weighted by molar-refractivity contribution is -0.135. The highest BCUT2D eigenvalue weighted by Gasteiger charge is 2.24. The van der Waals surface area contributed by atoms with Crippen LogP contribution in [0.15, 0.2) is 18.2 Å². The Morgan fingerprint density at radius 3 is 2.60 bits per heavy atom. The average molecular weight is 379 g/mol. The number of carbonyl (C=O) groups is 1. The molecule has 0 saturated carbocycles. The van der Waals surface area contributed by atoms with Crippen molar-refractivity contribution in [2.24, 2.45) is 5.92 Å². The van der Waals surface area contributed by atoms with E-state index in [4.69, 9.17) is 4.74 Å². The highest BCUT2D eigenvalue weighted by atomic mass is 35.5. The first-order valence-corrected chi connectivity index (χ1v) is 8.17. The summed E-state index contributed by atoms with van der Waals surface area (Å²) in [6.45, 7) is 1.33. The largest absolute Gasteiger partial charge is 0.490 e. The Balaban J connectivity index is 0.00000312. The molecule has 2 rings (SSSR count). The van der Waals surface area contributed by atoms with Gasteiger partial charge in [0.05, 0.1) is 6.61 Å². The molecule has 0 unspecified atom stereocenters. The van der Waals surface area contributed by atoms with Crippen LogP contribution in [0.25, 0.3) is 0 Å². The Morgan fingerprint density at radius 2 is 2.00 bits per heavy atom. The predicted molar refractivity (Wildman–Crippen MR) is 93.6 cm³/mol. The number of piperidine rings is 1. The molecule has 8 heteroatoms. The first-order chi connectivity index (χ1) is 11.5. The predicted octanol–water partition coefficient (Wildman–Crippen LogP) is 3.07. The van der Waals surface area contributed by atoms with Gasteiger partial charge in [-0.25, -0.2) is 0 Å². The summed E-state index contributed by atoms with van der Waals surface area (Å²) in [5, 5.41) is 3.24. The van der Waals surface area contributed by atoms with Gasteiger partial charge in [0, 0.05) is 19.5 Å². The molecule has 1 heterocycles. The summed E-state index contributed by atoms with van der Waals surface area (Å²) in [6.07, 6.45) is 1.68. The molecule has 142 valence electrons. The second-order valence-corrected chi connectivity index (χ2v) is 5.81. The summed E-state index contributed by atoms with van der Waals surface area (Å²) >= 11 is 0. The SMILES string of the molecule is CCOc1cc(CN(C)C(=O)C2CCNCC2)ccc1OC(F)F.Cl. The van der Waals surface area contributed by atoms with Crippen molar-refractivity contribution >= 4 is 18.3 Å². The van der Waals surface area contributed by atoms with Crippen LogP contribution >= 0.6 is 12.4 Å². The van der Waals surface area contributed by atoms with Crippen LogP contribution in [0, 0.1) is 5.92 Å². The number of ether oxygens (including phenoxy) is 2. The van der Waals surface area contributed by atoms with Gasteiger partial charge < -0.3 is 19.7 Å². The molecular formula is C17H25ClF2N2O3. The van der Waals surface area contributed by atoms with Gasteiger partial charge >= 0.3 is 6.61 Å². The van der Waals surface area contributed by atoms with E-state index in [9.17, 15) is 13.6 Å². The zero-order valence-electron chi connectivity index (χ0n) is 14.5. The molecule has 0 spiro atoms. The molecular weight excluding hydrogens is 354 g/mol. The van der Waals surface area contributed by atoms with Crippen LogP contribution in [-0.2, 0) is 11.3 Å². The third kappa shape index (κ3) is 6.32. The third-order valence-electron chi connectivity index (χ3n) is 4.01. The van der Waals surface area contributed by atoms with E-state index < -0.39 is 6.61 Å². The number of nitrogens with one attached hydrogen (secondary N) is 1. The summed E-state index contributed by atoms with van der Waals surface area (Å²) < 4.78 is 34.7. The number of amides is 1. The van der Waals surface area contributed by atoms with Crippen molar-refractivity contribution in [3.05, 3.63) is 23.8 Å². The Morgan fingerprint density at radius 1 is 1.32 bits per heavy atom. The molecule has 1 N–H and O–H groups in total. The second kappa shape index (κ2) is 10.4. The second-order valence-electron chi connectivity index (χ2n) is 5.81. The first-order valence-electron chi connectivity index (χ1n) is 8.17. The Hall–Kier alpha value is -1.60. The smallest absolute Gasteiger partial charge is 0.387 e. The highest BCUT2D eigenvalue weighted by molar-refractivity contribution is 5.85. The first kappa shape index (κ1) is 21.4. The van der Waals surface area contributed by atoms with Crippen molar-refractivity contribution in [2.75, 3.05) is 26.7 Å². The van der Waals surface area contributed by atoms with E-state index in [0.717, 1.165) is 31.5 Å². The van der Waals surface area contributed by atoms with Gasteiger partial charge in [-0.3, -0.25) is 4.79 Å². The fourth-order valence-electron chi connectivity index (χ4n) is 2.84. The molecule has 0 bridgehead atoms. The van der Waals surface area contributed by atoms with Gasteiger partial charge in [-0.2, -0.15) is 8.78 Å². The molecule has 1 aromatic rings. The van der Waals surface area contributed by atoms with E-state index in [0.29, 0.717) is 13.2 Å². The van der Waals surface area contributed by atoms with E-state index in [-0.39, 0.29) is 35.7 Å². The maximum Gasteiger partial charge on any atom is 0.387 e. The van der Waals surface area contributed by atoms with E-state index in [2.05, 4.69) is 10.1 Å². The number of nitrogens with zero attached hydrogens (tertiary/aromatic N) is 1. The number of hydrogen-bond donors (Lipinski definition) is 1. The molecule has 1 amide bonds. The van der Waals surface area contributed by atoms with E-state index in [1.165, 1.54) is 6.07 Å². The Bertz CT molecular complexity index is 555. The number of rotatable bonds is 7. The lowest BCUT2D eigenvalue weighted by Crippen LogP contribution is -2.38. The summed E-state index contributed by atoms with van der Waals surface area (Å²) in [7, 11) is 1.76. The van der Waals surface area contributed by atoms with Crippen molar-refractivity contribution < 1.29 is 23.0 Å². The molecule has 0 aromatic heterocycles. The average Bonchev–Trinajstić information content (AvgIpc) is 2.57. The summed E-state index contributed by atoms with van der Waals surface area (Å²) in [6, 6.07) is 4.77. The van der Waals surface area contributed by atoms with Crippen LogP contribution in [0.4, 0.5) is 8.78 Å². The Kier molecular flexibility index (Phi) is 8.92. The Labute approximate surface area is 153 Å². The number of alkyl halides is 2. The quantitative estimate of drug-likeness (QED) is 0.792. The zero-order valence-corrected chi connectivity index (χ0v) is 15.3. The van der Waals surface area contributed by atoms with Gasteiger partial charge in [0.1, 0.15) is 0 Å². The minimum atomic E-state index is -2.90. The fourth-order valence-corrected chi connectivity index (χ4v) is 2.84. The molecule has 0 aliphatic carbocycles. The van der Waals surface area contributed by atoms with Gasteiger partial charge in [0.25, 0.3) is 0 Å². The van der Waals surface area contributed by atoms with Gasteiger partial charge in [0.2, 0.25) is 5.91 Å².